The van der Waals surface area contributed by atoms with Crippen molar-refractivity contribution in [3.8, 4) is 5.75 Å². The highest BCUT2D eigenvalue weighted by Gasteiger charge is 2.05. The quantitative estimate of drug-likeness (QED) is 0.687. The van der Waals surface area contributed by atoms with Crippen LogP contribution in [-0.4, -0.2) is 15.1 Å². The van der Waals surface area contributed by atoms with Gasteiger partial charge in [-0.15, -0.1) is 0 Å². The lowest BCUT2D eigenvalue weighted by molar-refractivity contribution is 0.480. The third-order valence-electron chi connectivity index (χ3n) is 1.65. The molecule has 1 aromatic carbocycles. The maximum absolute atomic E-state index is 9.41. The van der Waals surface area contributed by atoms with E-state index in [-0.39, 0.29) is 11.0 Å². The van der Waals surface area contributed by atoms with Crippen molar-refractivity contribution in [2.75, 3.05) is 0 Å². The number of benzene rings is 1. The Hall–Kier alpha value is -1.06. The van der Waals surface area contributed by atoms with Crippen molar-refractivity contribution in [2.24, 2.45) is 0 Å². The topological polar surface area (TPSA) is 46.0 Å². The van der Waals surface area contributed by atoms with E-state index < -0.39 is 0 Å². The minimum Gasteiger partial charge on any atom is -0.506 e. The Bertz CT molecular complexity index is 473. The summed E-state index contributed by atoms with van der Waals surface area (Å²) in [5, 5.41) is 10.6. The van der Waals surface area contributed by atoms with Crippen LogP contribution >= 0.6 is 23.2 Å². The maximum atomic E-state index is 9.41. The van der Waals surface area contributed by atoms with Crippen molar-refractivity contribution >= 4 is 34.1 Å². The number of halogens is 2. The highest BCUT2D eigenvalue weighted by atomic mass is 35.5. The van der Waals surface area contributed by atoms with Gasteiger partial charge in [-0.3, -0.25) is 0 Å². The van der Waals surface area contributed by atoms with Gasteiger partial charge in [0.05, 0.1) is 5.02 Å². The first-order chi connectivity index (χ1) is 6.18. The largest absolute Gasteiger partial charge is 0.506 e. The zero-order valence-corrected chi connectivity index (χ0v) is 7.84. The monoisotopic (exact) mass is 214 g/mol. The number of nitrogens with zero attached hydrogens (tertiary/aromatic N) is 2. The molecule has 0 aliphatic carbocycles. The number of rotatable bonds is 0. The highest BCUT2D eigenvalue weighted by molar-refractivity contribution is 6.35. The lowest BCUT2D eigenvalue weighted by atomic mass is 10.2. The first-order valence-corrected chi connectivity index (χ1v) is 4.24. The third kappa shape index (κ3) is 1.41. The molecule has 0 radical (unpaired) electrons. The van der Waals surface area contributed by atoms with E-state index in [4.69, 9.17) is 23.2 Å². The van der Waals surface area contributed by atoms with E-state index in [1.165, 1.54) is 12.3 Å². The molecule has 66 valence electrons. The average Bonchev–Trinajstić information content (AvgIpc) is 2.12. The number of fused-ring (bicyclic) bond motifs is 1. The molecular weight excluding hydrogens is 211 g/mol. The Kier molecular flexibility index (Phi) is 1.98. The van der Waals surface area contributed by atoms with Crippen LogP contribution in [0.5, 0.6) is 5.75 Å². The maximum Gasteiger partial charge on any atom is 0.223 e. The molecule has 0 spiro atoms. The Labute approximate surface area is 84.0 Å². The van der Waals surface area contributed by atoms with Gasteiger partial charge in [0.15, 0.2) is 0 Å². The van der Waals surface area contributed by atoms with Gasteiger partial charge in [-0.1, -0.05) is 11.6 Å². The van der Waals surface area contributed by atoms with Crippen LogP contribution in [0.1, 0.15) is 0 Å². The smallest absolute Gasteiger partial charge is 0.223 e. The highest BCUT2D eigenvalue weighted by Crippen LogP contribution is 2.28. The van der Waals surface area contributed by atoms with E-state index in [0.29, 0.717) is 15.9 Å². The van der Waals surface area contributed by atoms with Crippen molar-refractivity contribution < 1.29 is 5.11 Å². The van der Waals surface area contributed by atoms with Gasteiger partial charge in [0, 0.05) is 11.6 Å². The minimum absolute atomic E-state index is 0.0451. The number of aromatic hydroxyl groups is 1. The van der Waals surface area contributed by atoms with Gasteiger partial charge in [0.25, 0.3) is 0 Å². The molecule has 0 saturated heterocycles. The lowest BCUT2D eigenvalue weighted by Crippen LogP contribution is -1.85. The second-order valence-electron chi connectivity index (χ2n) is 2.47. The molecule has 0 unspecified atom stereocenters. The van der Waals surface area contributed by atoms with Crippen LogP contribution in [0.3, 0.4) is 0 Å². The fourth-order valence-corrected chi connectivity index (χ4v) is 1.39. The molecule has 1 N–H and O–H groups in total. The molecule has 1 aromatic heterocycles. The van der Waals surface area contributed by atoms with Crippen molar-refractivity contribution in [3.63, 3.8) is 0 Å². The summed E-state index contributed by atoms with van der Waals surface area (Å²) in [6.07, 6.45) is 1.48. The molecule has 1 heterocycles. The SMILES string of the molecule is Oc1ccc(Cl)c2cnc(Cl)nc12. The lowest BCUT2D eigenvalue weighted by Gasteiger charge is -2.01. The summed E-state index contributed by atoms with van der Waals surface area (Å²) in [5.74, 6) is 0.0451. The summed E-state index contributed by atoms with van der Waals surface area (Å²) in [7, 11) is 0. The molecule has 0 fully saturated rings. The zero-order valence-electron chi connectivity index (χ0n) is 6.33. The first kappa shape index (κ1) is 8.53. The normalized spacial score (nSPS) is 10.6. The van der Waals surface area contributed by atoms with Crippen LogP contribution in [0.15, 0.2) is 18.3 Å². The first-order valence-electron chi connectivity index (χ1n) is 3.48. The van der Waals surface area contributed by atoms with Crippen molar-refractivity contribution in [1.29, 1.82) is 0 Å². The summed E-state index contributed by atoms with van der Waals surface area (Å²) in [5.41, 5.74) is 0.368. The third-order valence-corrected chi connectivity index (χ3v) is 2.16. The zero-order chi connectivity index (χ0) is 9.42. The molecule has 0 atom stereocenters. The van der Waals surface area contributed by atoms with Gasteiger partial charge in [-0.2, -0.15) is 0 Å². The number of hydrogen-bond donors (Lipinski definition) is 1. The van der Waals surface area contributed by atoms with E-state index in [2.05, 4.69) is 9.97 Å². The molecule has 0 amide bonds. The van der Waals surface area contributed by atoms with Crippen LogP contribution in [0, 0.1) is 0 Å². The Morgan fingerprint density at radius 1 is 1.23 bits per heavy atom. The van der Waals surface area contributed by atoms with Crippen LogP contribution in [0.25, 0.3) is 10.9 Å². The van der Waals surface area contributed by atoms with E-state index in [9.17, 15) is 5.11 Å². The van der Waals surface area contributed by atoms with Crippen molar-refractivity contribution in [1.82, 2.24) is 9.97 Å². The molecule has 0 saturated carbocycles. The van der Waals surface area contributed by atoms with Crippen LogP contribution < -0.4 is 0 Å². The van der Waals surface area contributed by atoms with E-state index >= 15 is 0 Å². The summed E-state index contributed by atoms with van der Waals surface area (Å²) < 4.78 is 0. The molecule has 3 nitrogen and oxygen atoms in total. The molecule has 2 rings (SSSR count). The van der Waals surface area contributed by atoms with E-state index in [1.54, 1.807) is 6.07 Å². The number of hydrogen-bond acceptors (Lipinski definition) is 3. The Balaban J connectivity index is 2.92. The second-order valence-corrected chi connectivity index (χ2v) is 3.21. The second kappa shape index (κ2) is 3.01. The number of phenols is 1. The Morgan fingerprint density at radius 3 is 2.77 bits per heavy atom. The molecule has 0 bridgehead atoms. The van der Waals surface area contributed by atoms with Crippen LogP contribution in [0.4, 0.5) is 0 Å². The predicted molar refractivity (Wildman–Crippen MR) is 51.2 cm³/mol. The van der Waals surface area contributed by atoms with E-state index in [1.807, 2.05) is 0 Å². The van der Waals surface area contributed by atoms with Gasteiger partial charge in [-0.05, 0) is 23.7 Å². The Morgan fingerprint density at radius 2 is 2.00 bits per heavy atom. The van der Waals surface area contributed by atoms with Gasteiger partial charge in [0.2, 0.25) is 5.28 Å². The van der Waals surface area contributed by atoms with Gasteiger partial charge < -0.3 is 5.11 Å². The summed E-state index contributed by atoms with van der Waals surface area (Å²) in [6, 6.07) is 3.05. The van der Waals surface area contributed by atoms with Crippen LogP contribution in [-0.2, 0) is 0 Å². The van der Waals surface area contributed by atoms with Crippen molar-refractivity contribution in [3.05, 3.63) is 28.6 Å². The van der Waals surface area contributed by atoms with Crippen LogP contribution in [0.2, 0.25) is 10.3 Å². The molecular formula is C8H4Cl2N2O. The number of aromatic nitrogens is 2. The summed E-state index contributed by atoms with van der Waals surface area (Å²) in [6.45, 7) is 0. The van der Waals surface area contributed by atoms with Crippen molar-refractivity contribution in [2.45, 2.75) is 0 Å². The average molecular weight is 215 g/mol. The standard InChI is InChI=1S/C8H4Cl2N2O/c9-5-1-2-6(13)7-4(5)3-11-8(10)12-7/h1-3,13H. The predicted octanol–water partition coefficient (Wildman–Crippen LogP) is 2.64. The molecule has 5 heteroatoms. The van der Waals surface area contributed by atoms with E-state index in [0.717, 1.165) is 0 Å². The molecule has 2 aromatic rings. The van der Waals surface area contributed by atoms with Gasteiger partial charge in [-0.25, -0.2) is 9.97 Å². The molecule has 0 aliphatic rings. The fraction of sp³-hybridized carbons (Fsp3) is 0. The number of phenolic OH excluding ortho intramolecular Hbond substituents is 1. The van der Waals surface area contributed by atoms with Gasteiger partial charge in [0.1, 0.15) is 11.3 Å². The van der Waals surface area contributed by atoms with Gasteiger partial charge >= 0.3 is 0 Å². The minimum atomic E-state index is 0.0451. The summed E-state index contributed by atoms with van der Waals surface area (Å²) in [4.78, 5) is 7.62. The summed E-state index contributed by atoms with van der Waals surface area (Å²) >= 11 is 11.4. The molecule has 0 aliphatic heterocycles. The fourth-order valence-electron chi connectivity index (χ4n) is 1.05. The molecule has 13 heavy (non-hydrogen) atoms.